The summed E-state index contributed by atoms with van der Waals surface area (Å²) in [6.45, 7) is 1.76. The number of amides is 1. The molecule has 2 N–H and O–H groups in total. The van der Waals surface area contributed by atoms with Crippen molar-refractivity contribution in [1.29, 1.82) is 0 Å². The van der Waals surface area contributed by atoms with Crippen LogP contribution in [0.4, 0.5) is 5.69 Å². The van der Waals surface area contributed by atoms with Gasteiger partial charge in [-0.2, -0.15) is 0 Å². The summed E-state index contributed by atoms with van der Waals surface area (Å²) in [5.74, 6) is 0.186. The molecule has 0 heterocycles. The Hall–Kier alpha value is -1.89. The number of nitrogens with one attached hydrogen (secondary N) is 2. The van der Waals surface area contributed by atoms with E-state index >= 15 is 0 Å². The summed E-state index contributed by atoms with van der Waals surface area (Å²) in [6, 6.07) is 12.9. The first kappa shape index (κ1) is 17.9. The Morgan fingerprint density at radius 3 is 2.44 bits per heavy atom. The second-order valence-electron chi connectivity index (χ2n) is 6.19. The van der Waals surface area contributed by atoms with Gasteiger partial charge in [0.1, 0.15) is 0 Å². The third-order valence-electron chi connectivity index (χ3n) is 4.06. The van der Waals surface area contributed by atoms with E-state index in [9.17, 15) is 13.2 Å². The van der Waals surface area contributed by atoms with Gasteiger partial charge in [-0.25, -0.2) is 13.1 Å². The van der Waals surface area contributed by atoms with Crippen LogP contribution >= 0.6 is 11.6 Å². The maximum atomic E-state index is 12.4. The number of anilines is 1. The first-order chi connectivity index (χ1) is 11.8. The minimum absolute atomic E-state index is 0.0439. The zero-order valence-corrected chi connectivity index (χ0v) is 15.3. The molecule has 0 saturated heterocycles. The molecule has 2 aromatic carbocycles. The first-order valence-electron chi connectivity index (χ1n) is 8.04. The molecule has 1 atom stereocenters. The molecule has 1 amide bonds. The minimum Gasteiger partial charge on any atom is -0.326 e. The fourth-order valence-electron chi connectivity index (χ4n) is 2.45. The predicted octanol–water partition coefficient (Wildman–Crippen LogP) is 3.73. The molecule has 0 aliphatic heterocycles. The highest BCUT2D eigenvalue weighted by atomic mass is 35.5. The molecule has 1 fully saturated rings. The fourth-order valence-corrected chi connectivity index (χ4v) is 3.98. The Bertz CT molecular complexity index is 877. The van der Waals surface area contributed by atoms with Crippen LogP contribution in [0.15, 0.2) is 53.4 Å². The largest absolute Gasteiger partial charge is 0.326 e. The van der Waals surface area contributed by atoms with Crippen LogP contribution in [0.2, 0.25) is 5.02 Å². The molecule has 0 aromatic heterocycles. The van der Waals surface area contributed by atoms with Gasteiger partial charge in [-0.3, -0.25) is 4.79 Å². The van der Waals surface area contributed by atoms with Crippen LogP contribution in [-0.2, 0) is 14.8 Å². The van der Waals surface area contributed by atoms with Crippen LogP contribution in [0, 0.1) is 5.92 Å². The molecule has 25 heavy (non-hydrogen) atoms. The Balaban J connectivity index is 1.68. The summed E-state index contributed by atoms with van der Waals surface area (Å²) in [7, 11) is -3.67. The molecule has 1 aliphatic carbocycles. The lowest BCUT2D eigenvalue weighted by atomic mass is 10.1. The number of rotatable bonds is 6. The third-order valence-corrected chi connectivity index (χ3v) is 5.84. The highest BCUT2D eigenvalue weighted by Crippen LogP contribution is 2.30. The van der Waals surface area contributed by atoms with Gasteiger partial charge in [-0.05, 0) is 55.7 Å². The number of sulfonamides is 1. The predicted molar refractivity (Wildman–Crippen MR) is 98.0 cm³/mol. The molecule has 1 unspecified atom stereocenters. The van der Waals surface area contributed by atoms with Crippen molar-refractivity contribution < 1.29 is 13.2 Å². The highest BCUT2D eigenvalue weighted by molar-refractivity contribution is 7.89. The fraction of sp³-hybridized carbons (Fsp3) is 0.278. The van der Waals surface area contributed by atoms with E-state index in [2.05, 4.69) is 10.0 Å². The topological polar surface area (TPSA) is 75.3 Å². The van der Waals surface area contributed by atoms with Crippen molar-refractivity contribution in [3.8, 4) is 0 Å². The number of carbonyl (C=O) groups excluding carboxylic acids is 1. The molecule has 132 valence electrons. The van der Waals surface area contributed by atoms with Gasteiger partial charge in [0.15, 0.2) is 0 Å². The molecule has 1 aliphatic rings. The number of hydrogen-bond donors (Lipinski definition) is 2. The highest BCUT2D eigenvalue weighted by Gasteiger charge is 2.29. The van der Waals surface area contributed by atoms with Gasteiger partial charge in [0.05, 0.1) is 4.90 Å². The Morgan fingerprint density at radius 2 is 1.84 bits per heavy atom. The number of halogens is 1. The van der Waals surface area contributed by atoms with E-state index in [1.54, 1.807) is 43.3 Å². The average molecular weight is 379 g/mol. The SMILES string of the molecule is CC(NS(=O)(=O)c1cccc(Cl)c1)c1ccc(NC(=O)C2CC2)cc1. The summed E-state index contributed by atoms with van der Waals surface area (Å²) in [6.07, 6.45) is 1.90. The molecular weight excluding hydrogens is 360 g/mol. The summed E-state index contributed by atoms with van der Waals surface area (Å²) in [4.78, 5) is 11.9. The molecular formula is C18H19ClN2O3S. The second-order valence-corrected chi connectivity index (χ2v) is 8.34. The summed E-state index contributed by atoms with van der Waals surface area (Å²) >= 11 is 5.86. The van der Waals surface area contributed by atoms with Gasteiger partial charge >= 0.3 is 0 Å². The van der Waals surface area contributed by atoms with Crippen molar-refractivity contribution in [2.45, 2.75) is 30.7 Å². The van der Waals surface area contributed by atoms with E-state index in [1.165, 1.54) is 12.1 Å². The summed E-state index contributed by atoms with van der Waals surface area (Å²) in [5.41, 5.74) is 1.51. The second kappa shape index (κ2) is 7.15. The summed E-state index contributed by atoms with van der Waals surface area (Å²) in [5, 5.41) is 3.23. The molecule has 0 bridgehead atoms. The maximum Gasteiger partial charge on any atom is 0.241 e. The van der Waals surface area contributed by atoms with Gasteiger partial charge in [-0.1, -0.05) is 29.8 Å². The van der Waals surface area contributed by atoms with E-state index in [-0.39, 0.29) is 16.7 Å². The van der Waals surface area contributed by atoms with Crippen LogP contribution in [0.5, 0.6) is 0 Å². The maximum absolute atomic E-state index is 12.4. The minimum atomic E-state index is -3.67. The van der Waals surface area contributed by atoms with Gasteiger partial charge in [-0.15, -0.1) is 0 Å². The van der Waals surface area contributed by atoms with Gasteiger partial charge in [0, 0.05) is 22.7 Å². The molecule has 0 radical (unpaired) electrons. The lowest BCUT2D eigenvalue weighted by Gasteiger charge is -2.15. The standard InChI is InChI=1S/C18H19ClN2O3S/c1-12(21-25(23,24)17-4-2-3-15(19)11-17)13-7-9-16(10-8-13)20-18(22)14-5-6-14/h2-4,7-12,14,21H,5-6H2,1H3,(H,20,22). The van der Waals surface area contributed by atoms with Crippen molar-refractivity contribution in [3.05, 3.63) is 59.1 Å². The van der Waals surface area contributed by atoms with E-state index in [0.29, 0.717) is 10.7 Å². The number of hydrogen-bond acceptors (Lipinski definition) is 3. The lowest BCUT2D eigenvalue weighted by molar-refractivity contribution is -0.117. The first-order valence-corrected chi connectivity index (χ1v) is 9.90. The van der Waals surface area contributed by atoms with Crippen LogP contribution in [0.25, 0.3) is 0 Å². The van der Waals surface area contributed by atoms with Crippen molar-refractivity contribution in [2.24, 2.45) is 5.92 Å². The Labute approximate surface area is 152 Å². The quantitative estimate of drug-likeness (QED) is 0.804. The third kappa shape index (κ3) is 4.60. The Kier molecular flexibility index (Phi) is 5.13. The molecule has 1 saturated carbocycles. The van der Waals surface area contributed by atoms with Crippen molar-refractivity contribution in [2.75, 3.05) is 5.32 Å². The zero-order valence-electron chi connectivity index (χ0n) is 13.7. The molecule has 3 rings (SSSR count). The Morgan fingerprint density at radius 1 is 1.16 bits per heavy atom. The van der Waals surface area contributed by atoms with E-state index in [1.807, 2.05) is 0 Å². The van der Waals surface area contributed by atoms with Crippen molar-refractivity contribution in [3.63, 3.8) is 0 Å². The smallest absolute Gasteiger partial charge is 0.241 e. The summed E-state index contributed by atoms with van der Waals surface area (Å²) < 4.78 is 27.5. The molecule has 5 nitrogen and oxygen atoms in total. The monoisotopic (exact) mass is 378 g/mol. The van der Waals surface area contributed by atoms with Crippen LogP contribution in [-0.4, -0.2) is 14.3 Å². The lowest BCUT2D eigenvalue weighted by Crippen LogP contribution is -2.26. The van der Waals surface area contributed by atoms with E-state index in [0.717, 1.165) is 18.4 Å². The van der Waals surface area contributed by atoms with Crippen molar-refractivity contribution in [1.82, 2.24) is 4.72 Å². The average Bonchev–Trinajstić information content (AvgIpc) is 3.40. The zero-order chi connectivity index (χ0) is 18.0. The van der Waals surface area contributed by atoms with Gasteiger partial charge in [0.25, 0.3) is 0 Å². The van der Waals surface area contributed by atoms with Gasteiger partial charge < -0.3 is 5.32 Å². The van der Waals surface area contributed by atoms with Crippen LogP contribution in [0.3, 0.4) is 0 Å². The molecule has 7 heteroatoms. The van der Waals surface area contributed by atoms with Gasteiger partial charge in [0.2, 0.25) is 15.9 Å². The molecule has 0 spiro atoms. The van der Waals surface area contributed by atoms with Crippen molar-refractivity contribution >= 4 is 33.2 Å². The van der Waals surface area contributed by atoms with Crippen LogP contribution in [0.1, 0.15) is 31.4 Å². The van der Waals surface area contributed by atoms with E-state index < -0.39 is 16.1 Å². The van der Waals surface area contributed by atoms with E-state index in [4.69, 9.17) is 11.6 Å². The number of carbonyl (C=O) groups is 1. The number of benzene rings is 2. The normalized spacial score (nSPS) is 15.6. The van der Waals surface area contributed by atoms with Crippen LogP contribution < -0.4 is 10.0 Å². The molecule has 2 aromatic rings.